The summed E-state index contributed by atoms with van der Waals surface area (Å²) >= 11 is 0. The predicted molar refractivity (Wildman–Crippen MR) is 101 cm³/mol. The zero-order chi connectivity index (χ0) is 19.7. The lowest BCUT2D eigenvalue weighted by atomic mass is 10.0. The van der Waals surface area contributed by atoms with Gasteiger partial charge in [0.2, 0.25) is 0 Å². The number of fused-ring (bicyclic) bond motifs is 1. The average Bonchev–Trinajstić information content (AvgIpc) is 3.26. The van der Waals surface area contributed by atoms with E-state index in [1.165, 1.54) is 18.2 Å². The monoisotopic (exact) mass is 385 g/mol. The van der Waals surface area contributed by atoms with Crippen LogP contribution in [0.15, 0.2) is 43.0 Å². The molecule has 9 heteroatoms. The number of imidazole rings is 1. The third-order valence-corrected chi connectivity index (χ3v) is 5.02. The van der Waals surface area contributed by atoms with Gasteiger partial charge >= 0.3 is 0 Å². The zero-order valence-corrected chi connectivity index (χ0v) is 15.4. The van der Waals surface area contributed by atoms with Gasteiger partial charge in [-0.25, -0.2) is 15.0 Å². The van der Waals surface area contributed by atoms with Crippen molar-refractivity contribution < 1.29 is 19.7 Å². The molecule has 0 radical (unpaired) electrons. The number of nitrogens with two attached hydrogens (primary N) is 1. The van der Waals surface area contributed by atoms with Gasteiger partial charge in [0.25, 0.3) is 0 Å². The van der Waals surface area contributed by atoms with E-state index in [0.29, 0.717) is 17.8 Å². The quantitative estimate of drug-likeness (QED) is 0.570. The Morgan fingerprint density at radius 2 is 1.96 bits per heavy atom. The van der Waals surface area contributed by atoms with Gasteiger partial charge < -0.3 is 25.4 Å². The Hall–Kier alpha value is -2.59. The molecule has 3 heterocycles. The molecule has 0 bridgehead atoms. The van der Waals surface area contributed by atoms with Crippen LogP contribution in [-0.2, 0) is 9.47 Å². The molecule has 0 spiro atoms. The van der Waals surface area contributed by atoms with Crippen LogP contribution in [0.3, 0.4) is 0 Å². The Morgan fingerprint density at radius 3 is 2.75 bits per heavy atom. The van der Waals surface area contributed by atoms with E-state index in [9.17, 15) is 10.2 Å². The van der Waals surface area contributed by atoms with Gasteiger partial charge in [-0.1, -0.05) is 37.3 Å². The summed E-state index contributed by atoms with van der Waals surface area (Å²) in [4.78, 5) is 12.2. The molecule has 3 aromatic rings. The maximum Gasteiger partial charge on any atom is 0.167 e. The number of aliphatic hydroxyl groups excluding tert-OH is 2. The molecule has 0 amide bonds. The Balaban J connectivity index is 1.41. The van der Waals surface area contributed by atoms with E-state index >= 15 is 0 Å². The number of hydrogen-bond donors (Lipinski definition) is 3. The summed E-state index contributed by atoms with van der Waals surface area (Å²) in [5.41, 5.74) is 7.83. The smallest absolute Gasteiger partial charge is 0.167 e. The molecule has 1 aliphatic rings. The van der Waals surface area contributed by atoms with Crippen LogP contribution in [-0.4, -0.2) is 61.3 Å². The Labute approximate surface area is 161 Å². The minimum atomic E-state index is -1.14. The predicted octanol–water partition coefficient (Wildman–Crippen LogP) is 0.848. The van der Waals surface area contributed by atoms with E-state index in [2.05, 4.69) is 21.9 Å². The molecule has 1 aromatic carbocycles. The minimum absolute atomic E-state index is 0.162. The molecule has 5 atom stereocenters. The summed E-state index contributed by atoms with van der Waals surface area (Å²) < 4.78 is 13.2. The van der Waals surface area contributed by atoms with E-state index in [0.717, 1.165) is 0 Å². The van der Waals surface area contributed by atoms with Crippen LogP contribution < -0.4 is 5.73 Å². The first kappa shape index (κ1) is 18.8. The third-order valence-electron chi connectivity index (χ3n) is 5.02. The summed E-state index contributed by atoms with van der Waals surface area (Å²) in [6.07, 6.45) is -0.951. The highest BCUT2D eigenvalue weighted by Gasteiger charge is 2.44. The second kappa shape index (κ2) is 7.80. The number of anilines is 1. The highest BCUT2D eigenvalue weighted by molar-refractivity contribution is 5.81. The largest absolute Gasteiger partial charge is 0.387 e. The standard InChI is InChI=1S/C19H23N5O4/c1-11(12-5-3-2-4-6-12)7-27-8-13-15(25)16(26)19(28-13)24-10-23-14-17(20)21-9-22-18(14)24/h2-6,9-11,13,15-16,19,25-26H,7-8H2,1H3,(H2,20,21,22)/t11?,13-,15-,16-,19-/m1/s1. The normalized spacial score (nSPS) is 26.0. The van der Waals surface area contributed by atoms with Crippen LogP contribution >= 0.6 is 0 Å². The van der Waals surface area contributed by atoms with Gasteiger partial charge in [0, 0.05) is 5.92 Å². The van der Waals surface area contributed by atoms with Crippen LogP contribution in [0.4, 0.5) is 5.82 Å². The highest BCUT2D eigenvalue weighted by Crippen LogP contribution is 2.32. The number of nitrogens with zero attached hydrogens (tertiary/aromatic N) is 4. The first-order valence-corrected chi connectivity index (χ1v) is 9.13. The van der Waals surface area contributed by atoms with Crippen molar-refractivity contribution in [1.29, 1.82) is 0 Å². The minimum Gasteiger partial charge on any atom is -0.387 e. The molecule has 1 aliphatic heterocycles. The molecule has 1 saturated heterocycles. The molecule has 1 unspecified atom stereocenters. The van der Waals surface area contributed by atoms with Gasteiger partial charge in [0.1, 0.15) is 30.2 Å². The van der Waals surface area contributed by atoms with E-state index in [-0.39, 0.29) is 18.3 Å². The fraction of sp³-hybridized carbons (Fsp3) is 0.421. The second-order valence-electron chi connectivity index (χ2n) is 6.98. The van der Waals surface area contributed by atoms with Crippen LogP contribution in [0, 0.1) is 0 Å². The number of aliphatic hydroxyl groups is 2. The van der Waals surface area contributed by atoms with E-state index in [1.807, 2.05) is 30.3 Å². The van der Waals surface area contributed by atoms with Crippen molar-refractivity contribution in [2.24, 2.45) is 0 Å². The number of aromatic nitrogens is 4. The number of hydrogen-bond acceptors (Lipinski definition) is 8. The number of benzene rings is 1. The Morgan fingerprint density at radius 1 is 1.18 bits per heavy atom. The second-order valence-corrected chi connectivity index (χ2v) is 6.98. The van der Waals surface area contributed by atoms with Crippen molar-refractivity contribution in [3.8, 4) is 0 Å². The third kappa shape index (κ3) is 3.45. The molecule has 0 saturated carbocycles. The SMILES string of the molecule is CC(COC[C@H]1O[C@@H](n2cnc3c(N)ncnc32)[C@H](O)[C@@H]1O)c1ccccc1. The molecule has 1 fully saturated rings. The zero-order valence-electron chi connectivity index (χ0n) is 15.4. The highest BCUT2D eigenvalue weighted by atomic mass is 16.6. The first-order valence-electron chi connectivity index (χ1n) is 9.13. The lowest BCUT2D eigenvalue weighted by molar-refractivity contribution is -0.0665. The van der Waals surface area contributed by atoms with Gasteiger partial charge in [0.15, 0.2) is 17.7 Å². The van der Waals surface area contributed by atoms with Gasteiger partial charge in [0.05, 0.1) is 19.5 Å². The number of rotatable bonds is 6. The van der Waals surface area contributed by atoms with Gasteiger partial charge in [-0.05, 0) is 5.56 Å². The lowest BCUT2D eigenvalue weighted by Gasteiger charge is -2.17. The fourth-order valence-corrected chi connectivity index (χ4v) is 3.39. The van der Waals surface area contributed by atoms with Crippen molar-refractivity contribution in [3.05, 3.63) is 48.5 Å². The van der Waals surface area contributed by atoms with Crippen LogP contribution in [0.25, 0.3) is 11.2 Å². The summed E-state index contributed by atoms with van der Waals surface area (Å²) in [5.74, 6) is 0.448. The fourth-order valence-electron chi connectivity index (χ4n) is 3.39. The molecule has 4 N–H and O–H groups in total. The summed E-state index contributed by atoms with van der Waals surface area (Å²) in [6.45, 7) is 2.71. The van der Waals surface area contributed by atoms with Gasteiger partial charge in [-0.2, -0.15) is 0 Å². The van der Waals surface area contributed by atoms with Crippen molar-refractivity contribution in [1.82, 2.24) is 19.5 Å². The van der Waals surface area contributed by atoms with Crippen LogP contribution in [0.5, 0.6) is 0 Å². The number of nitrogen functional groups attached to an aromatic ring is 1. The Kier molecular flexibility index (Phi) is 5.23. The van der Waals surface area contributed by atoms with E-state index in [4.69, 9.17) is 15.2 Å². The van der Waals surface area contributed by atoms with Crippen LogP contribution in [0.1, 0.15) is 24.6 Å². The van der Waals surface area contributed by atoms with E-state index < -0.39 is 24.5 Å². The molecule has 28 heavy (non-hydrogen) atoms. The lowest BCUT2D eigenvalue weighted by Crippen LogP contribution is -2.34. The molecule has 4 rings (SSSR count). The summed E-state index contributed by atoms with van der Waals surface area (Å²) in [6, 6.07) is 10.0. The van der Waals surface area contributed by atoms with E-state index in [1.54, 1.807) is 4.57 Å². The van der Waals surface area contributed by atoms with Crippen molar-refractivity contribution >= 4 is 17.0 Å². The van der Waals surface area contributed by atoms with Gasteiger partial charge in [-0.3, -0.25) is 4.57 Å². The molecule has 2 aromatic heterocycles. The molecular weight excluding hydrogens is 362 g/mol. The molecule has 148 valence electrons. The molecular formula is C19H23N5O4. The van der Waals surface area contributed by atoms with Crippen LogP contribution in [0.2, 0.25) is 0 Å². The molecule has 9 nitrogen and oxygen atoms in total. The maximum absolute atomic E-state index is 10.5. The van der Waals surface area contributed by atoms with Crippen molar-refractivity contribution in [2.75, 3.05) is 18.9 Å². The van der Waals surface area contributed by atoms with Crippen molar-refractivity contribution in [3.63, 3.8) is 0 Å². The average molecular weight is 385 g/mol. The number of ether oxygens (including phenoxy) is 2. The summed E-state index contributed by atoms with van der Waals surface area (Å²) in [5, 5.41) is 20.9. The van der Waals surface area contributed by atoms with Crippen molar-refractivity contribution in [2.45, 2.75) is 37.4 Å². The first-order chi connectivity index (χ1) is 13.6. The summed E-state index contributed by atoms with van der Waals surface area (Å²) in [7, 11) is 0. The Bertz CT molecular complexity index is 934. The topological polar surface area (TPSA) is 129 Å². The molecule has 0 aliphatic carbocycles. The van der Waals surface area contributed by atoms with Gasteiger partial charge in [-0.15, -0.1) is 0 Å². The maximum atomic E-state index is 10.5.